The first-order valence-electron chi connectivity index (χ1n) is 5.72. The average molecular weight is 214 g/mol. The van der Waals surface area contributed by atoms with Gasteiger partial charge in [0.05, 0.1) is 0 Å². The quantitative estimate of drug-likeness (QED) is 0.667. The number of hydrogen-bond acceptors (Lipinski definition) is 1. The van der Waals surface area contributed by atoms with Crippen LogP contribution in [0.3, 0.4) is 0 Å². The molecule has 1 rings (SSSR count). The molecule has 0 amide bonds. The van der Waals surface area contributed by atoms with Crippen molar-refractivity contribution in [3.05, 3.63) is 0 Å². The molecule has 3 heteroatoms. The number of nitrogens with zero attached hydrogens (tertiary/aromatic N) is 2. The number of thiocarbonyl (C=S) groups is 1. The minimum Gasteiger partial charge on any atom is -0.349 e. The molecule has 0 saturated carbocycles. The first-order chi connectivity index (χ1) is 6.66. The second kappa shape index (κ2) is 5.54. The molecule has 1 aliphatic rings. The van der Waals surface area contributed by atoms with Crippen molar-refractivity contribution in [2.45, 2.75) is 46.1 Å². The van der Waals surface area contributed by atoms with Gasteiger partial charge in [0.25, 0.3) is 0 Å². The Kier molecular flexibility index (Phi) is 4.66. The van der Waals surface area contributed by atoms with Gasteiger partial charge in [-0.3, -0.25) is 0 Å². The highest BCUT2D eigenvalue weighted by Gasteiger charge is 2.21. The molecular weight excluding hydrogens is 192 g/mol. The summed E-state index contributed by atoms with van der Waals surface area (Å²) in [6, 6.07) is 0.542. The first kappa shape index (κ1) is 11.8. The third kappa shape index (κ3) is 2.84. The molecule has 1 aliphatic heterocycles. The number of hydrogen-bond donors (Lipinski definition) is 0. The summed E-state index contributed by atoms with van der Waals surface area (Å²) in [5, 5.41) is 1.07. The maximum absolute atomic E-state index is 5.53. The van der Waals surface area contributed by atoms with Crippen molar-refractivity contribution >= 4 is 17.3 Å². The minimum atomic E-state index is 0.542. The summed E-state index contributed by atoms with van der Waals surface area (Å²) < 4.78 is 0. The van der Waals surface area contributed by atoms with Crippen LogP contribution >= 0.6 is 12.2 Å². The molecular formula is C11H22N2S. The van der Waals surface area contributed by atoms with Crippen LogP contribution in [-0.2, 0) is 0 Å². The van der Waals surface area contributed by atoms with Gasteiger partial charge < -0.3 is 9.80 Å². The zero-order chi connectivity index (χ0) is 10.6. The fourth-order valence-corrected chi connectivity index (χ4v) is 2.40. The second-order valence-corrected chi connectivity index (χ2v) is 4.63. The van der Waals surface area contributed by atoms with Crippen molar-refractivity contribution in [3.8, 4) is 0 Å². The predicted octanol–water partition coefficient (Wildman–Crippen LogP) is 2.49. The molecule has 14 heavy (non-hydrogen) atoms. The summed E-state index contributed by atoms with van der Waals surface area (Å²) in [6.45, 7) is 10.1. The normalized spacial score (nSPS) is 19.0. The summed E-state index contributed by atoms with van der Waals surface area (Å²) in [4.78, 5) is 4.72. The van der Waals surface area contributed by atoms with Crippen LogP contribution in [0.5, 0.6) is 0 Å². The molecule has 0 N–H and O–H groups in total. The second-order valence-electron chi connectivity index (χ2n) is 4.26. The zero-order valence-corrected chi connectivity index (χ0v) is 10.4. The van der Waals surface area contributed by atoms with Gasteiger partial charge in [-0.2, -0.15) is 0 Å². The van der Waals surface area contributed by atoms with E-state index < -0.39 is 0 Å². The molecule has 0 radical (unpaired) electrons. The van der Waals surface area contributed by atoms with Gasteiger partial charge in [-0.05, 0) is 45.3 Å². The van der Waals surface area contributed by atoms with E-state index in [0.717, 1.165) is 24.7 Å². The van der Waals surface area contributed by atoms with Crippen molar-refractivity contribution in [3.63, 3.8) is 0 Å². The molecule has 82 valence electrons. The highest BCUT2D eigenvalue weighted by Crippen LogP contribution is 2.13. The molecule has 0 atom stereocenters. The largest absolute Gasteiger partial charge is 0.349 e. The van der Waals surface area contributed by atoms with Crippen LogP contribution in [0.2, 0.25) is 0 Å². The zero-order valence-electron chi connectivity index (χ0n) is 9.62. The molecule has 0 aromatic rings. The van der Waals surface area contributed by atoms with E-state index in [1.165, 1.54) is 19.3 Å². The highest BCUT2D eigenvalue weighted by molar-refractivity contribution is 7.80. The van der Waals surface area contributed by atoms with Crippen molar-refractivity contribution in [2.24, 2.45) is 0 Å². The standard InChI is InChI=1S/C11H22N2S/c1-4-7-12-8-5-6-9-13(10(2)3)11(12)14/h10H,4-9H2,1-3H3. The van der Waals surface area contributed by atoms with E-state index >= 15 is 0 Å². The van der Waals surface area contributed by atoms with E-state index in [9.17, 15) is 0 Å². The van der Waals surface area contributed by atoms with E-state index in [1.54, 1.807) is 0 Å². The van der Waals surface area contributed by atoms with Gasteiger partial charge in [0.15, 0.2) is 5.11 Å². The van der Waals surface area contributed by atoms with E-state index in [-0.39, 0.29) is 0 Å². The molecule has 1 fully saturated rings. The fraction of sp³-hybridized carbons (Fsp3) is 0.909. The van der Waals surface area contributed by atoms with Gasteiger partial charge in [-0.15, -0.1) is 0 Å². The van der Waals surface area contributed by atoms with Crippen LogP contribution in [0, 0.1) is 0 Å². The lowest BCUT2D eigenvalue weighted by Gasteiger charge is -2.33. The molecule has 0 aliphatic carbocycles. The minimum absolute atomic E-state index is 0.542. The van der Waals surface area contributed by atoms with Crippen molar-refractivity contribution < 1.29 is 0 Å². The Bertz CT molecular complexity index is 192. The van der Waals surface area contributed by atoms with Crippen molar-refractivity contribution in [1.29, 1.82) is 0 Å². The summed E-state index contributed by atoms with van der Waals surface area (Å²) in [5.74, 6) is 0. The Morgan fingerprint density at radius 3 is 2.50 bits per heavy atom. The number of rotatable bonds is 3. The molecule has 0 bridgehead atoms. The lowest BCUT2D eigenvalue weighted by molar-refractivity contribution is 0.319. The SMILES string of the molecule is CCCN1CCCCN(C(C)C)C1=S. The Hall–Kier alpha value is -0.310. The van der Waals surface area contributed by atoms with Gasteiger partial charge in [-0.1, -0.05) is 6.92 Å². The van der Waals surface area contributed by atoms with E-state index in [4.69, 9.17) is 12.2 Å². The van der Waals surface area contributed by atoms with Crippen LogP contribution in [0.1, 0.15) is 40.0 Å². The van der Waals surface area contributed by atoms with Crippen LogP contribution in [0.25, 0.3) is 0 Å². The molecule has 1 heterocycles. The van der Waals surface area contributed by atoms with Gasteiger partial charge in [0.2, 0.25) is 0 Å². The highest BCUT2D eigenvalue weighted by atomic mass is 32.1. The van der Waals surface area contributed by atoms with E-state index in [1.807, 2.05) is 0 Å². The Morgan fingerprint density at radius 2 is 1.93 bits per heavy atom. The van der Waals surface area contributed by atoms with Crippen LogP contribution in [-0.4, -0.2) is 40.6 Å². The molecule has 0 aromatic carbocycles. The first-order valence-corrected chi connectivity index (χ1v) is 6.13. The Balaban J connectivity index is 2.64. The monoisotopic (exact) mass is 214 g/mol. The molecule has 2 nitrogen and oxygen atoms in total. The molecule has 0 spiro atoms. The Labute approximate surface area is 93.3 Å². The molecule has 1 saturated heterocycles. The topological polar surface area (TPSA) is 6.48 Å². The van der Waals surface area contributed by atoms with Gasteiger partial charge in [-0.25, -0.2) is 0 Å². The predicted molar refractivity (Wildman–Crippen MR) is 65.5 cm³/mol. The maximum atomic E-state index is 5.53. The summed E-state index contributed by atoms with van der Waals surface area (Å²) in [5.41, 5.74) is 0. The lowest BCUT2D eigenvalue weighted by Crippen LogP contribution is -2.45. The third-order valence-electron chi connectivity index (χ3n) is 2.71. The fourth-order valence-electron chi connectivity index (χ4n) is 1.91. The van der Waals surface area contributed by atoms with Crippen LogP contribution in [0.4, 0.5) is 0 Å². The van der Waals surface area contributed by atoms with E-state index in [0.29, 0.717) is 6.04 Å². The van der Waals surface area contributed by atoms with Gasteiger partial charge in [0.1, 0.15) is 0 Å². The van der Waals surface area contributed by atoms with Crippen molar-refractivity contribution in [2.75, 3.05) is 19.6 Å². The van der Waals surface area contributed by atoms with E-state index in [2.05, 4.69) is 30.6 Å². The summed E-state index contributed by atoms with van der Waals surface area (Å²) >= 11 is 5.53. The molecule has 0 aromatic heterocycles. The maximum Gasteiger partial charge on any atom is 0.171 e. The lowest BCUT2D eigenvalue weighted by atomic mass is 10.3. The molecule has 0 unspecified atom stereocenters. The average Bonchev–Trinajstić information content (AvgIpc) is 2.30. The van der Waals surface area contributed by atoms with Gasteiger partial charge >= 0.3 is 0 Å². The summed E-state index contributed by atoms with van der Waals surface area (Å²) in [6.07, 6.45) is 3.74. The van der Waals surface area contributed by atoms with Crippen LogP contribution in [0.15, 0.2) is 0 Å². The Morgan fingerprint density at radius 1 is 1.29 bits per heavy atom. The van der Waals surface area contributed by atoms with Crippen LogP contribution < -0.4 is 0 Å². The smallest absolute Gasteiger partial charge is 0.171 e. The third-order valence-corrected chi connectivity index (χ3v) is 3.20. The van der Waals surface area contributed by atoms with Crippen molar-refractivity contribution in [1.82, 2.24) is 9.80 Å². The summed E-state index contributed by atoms with van der Waals surface area (Å²) in [7, 11) is 0. The van der Waals surface area contributed by atoms with Gasteiger partial charge in [0, 0.05) is 25.7 Å².